The third-order valence-corrected chi connectivity index (χ3v) is 2.99. The fraction of sp³-hybridized carbons (Fsp3) is 0.400. The first-order valence-corrected chi connectivity index (χ1v) is 6.65. The highest BCUT2D eigenvalue weighted by Gasteiger charge is 2.01. The summed E-state index contributed by atoms with van der Waals surface area (Å²) in [5.74, 6) is 0. The van der Waals surface area contributed by atoms with Crippen LogP contribution in [-0.4, -0.2) is 16.1 Å². The van der Waals surface area contributed by atoms with Crippen LogP contribution in [0.2, 0.25) is 0 Å². The molecule has 3 heteroatoms. The Hall–Kier alpha value is -1.61. The van der Waals surface area contributed by atoms with Crippen LogP contribution in [0.3, 0.4) is 0 Å². The van der Waals surface area contributed by atoms with Crippen molar-refractivity contribution in [3.05, 3.63) is 54.1 Å². The van der Waals surface area contributed by atoms with Gasteiger partial charge < -0.3 is 9.88 Å². The van der Waals surface area contributed by atoms with Crippen molar-refractivity contribution in [1.29, 1.82) is 0 Å². The van der Waals surface area contributed by atoms with Crippen molar-refractivity contribution in [2.45, 2.75) is 32.9 Å². The standard InChI is InChI=1S/C15H21N3/c1-2-9-16-13-15-7-5-11-18(15)12-8-14-6-3-4-10-17-14/h3-7,10-11,16H,2,8-9,12-13H2,1H3. The molecule has 0 amide bonds. The average molecular weight is 243 g/mol. The second-order valence-electron chi connectivity index (χ2n) is 4.44. The normalized spacial score (nSPS) is 10.7. The van der Waals surface area contributed by atoms with E-state index in [-0.39, 0.29) is 0 Å². The molecule has 0 aliphatic carbocycles. The minimum Gasteiger partial charge on any atom is -0.350 e. The van der Waals surface area contributed by atoms with Crippen LogP contribution in [0.15, 0.2) is 42.7 Å². The zero-order chi connectivity index (χ0) is 12.6. The lowest BCUT2D eigenvalue weighted by Crippen LogP contribution is -2.17. The molecule has 0 aliphatic heterocycles. The largest absolute Gasteiger partial charge is 0.350 e. The van der Waals surface area contributed by atoms with Crippen LogP contribution in [0.5, 0.6) is 0 Å². The van der Waals surface area contributed by atoms with Crippen molar-refractivity contribution in [2.24, 2.45) is 0 Å². The third-order valence-electron chi connectivity index (χ3n) is 2.99. The molecule has 0 spiro atoms. The van der Waals surface area contributed by atoms with Gasteiger partial charge in [-0.15, -0.1) is 0 Å². The van der Waals surface area contributed by atoms with Gasteiger partial charge >= 0.3 is 0 Å². The Morgan fingerprint density at radius 3 is 2.94 bits per heavy atom. The van der Waals surface area contributed by atoms with E-state index < -0.39 is 0 Å². The van der Waals surface area contributed by atoms with Crippen LogP contribution < -0.4 is 5.32 Å². The maximum atomic E-state index is 4.35. The van der Waals surface area contributed by atoms with Crippen LogP contribution in [0.1, 0.15) is 24.7 Å². The number of pyridine rings is 1. The van der Waals surface area contributed by atoms with E-state index in [4.69, 9.17) is 0 Å². The van der Waals surface area contributed by atoms with Gasteiger partial charge in [-0.2, -0.15) is 0 Å². The quantitative estimate of drug-likeness (QED) is 0.758. The summed E-state index contributed by atoms with van der Waals surface area (Å²) >= 11 is 0. The van der Waals surface area contributed by atoms with Crippen molar-refractivity contribution in [2.75, 3.05) is 6.54 Å². The van der Waals surface area contributed by atoms with E-state index >= 15 is 0 Å². The predicted octanol–water partition coefficient (Wildman–Crippen LogP) is 2.63. The van der Waals surface area contributed by atoms with Crippen LogP contribution in [-0.2, 0) is 19.5 Å². The number of hydrogen-bond acceptors (Lipinski definition) is 2. The summed E-state index contributed by atoms with van der Waals surface area (Å²) in [6, 6.07) is 10.4. The summed E-state index contributed by atoms with van der Waals surface area (Å²) in [5.41, 5.74) is 2.50. The van der Waals surface area contributed by atoms with Crippen LogP contribution >= 0.6 is 0 Å². The van der Waals surface area contributed by atoms with Crippen molar-refractivity contribution in [3.63, 3.8) is 0 Å². The summed E-state index contributed by atoms with van der Waals surface area (Å²) in [6.07, 6.45) is 6.16. The highest BCUT2D eigenvalue weighted by Crippen LogP contribution is 2.05. The number of nitrogens with zero attached hydrogens (tertiary/aromatic N) is 2. The maximum Gasteiger partial charge on any atom is 0.0421 e. The molecule has 0 unspecified atom stereocenters. The molecule has 0 aromatic carbocycles. The van der Waals surface area contributed by atoms with E-state index in [0.29, 0.717) is 0 Å². The first kappa shape index (κ1) is 12.8. The van der Waals surface area contributed by atoms with Crippen LogP contribution in [0.25, 0.3) is 0 Å². The number of aryl methyl sites for hydroxylation is 2. The Bertz CT molecular complexity index is 448. The van der Waals surface area contributed by atoms with Gasteiger partial charge in [0.15, 0.2) is 0 Å². The van der Waals surface area contributed by atoms with Gasteiger partial charge in [0, 0.05) is 43.3 Å². The Morgan fingerprint density at radius 1 is 1.22 bits per heavy atom. The van der Waals surface area contributed by atoms with Gasteiger partial charge in [0.05, 0.1) is 0 Å². The Kier molecular flexibility index (Phi) is 4.97. The highest BCUT2D eigenvalue weighted by molar-refractivity contribution is 5.08. The first-order chi connectivity index (χ1) is 8.90. The average Bonchev–Trinajstić information content (AvgIpc) is 2.86. The SMILES string of the molecule is CCCNCc1cccn1CCc1ccccn1. The summed E-state index contributed by atoms with van der Waals surface area (Å²) in [6.45, 7) is 5.20. The van der Waals surface area contributed by atoms with E-state index in [1.54, 1.807) is 0 Å². The summed E-state index contributed by atoms with van der Waals surface area (Å²) in [4.78, 5) is 4.35. The van der Waals surface area contributed by atoms with Gasteiger partial charge in [0.25, 0.3) is 0 Å². The monoisotopic (exact) mass is 243 g/mol. The molecule has 0 bridgehead atoms. The Balaban J connectivity index is 1.87. The number of hydrogen-bond donors (Lipinski definition) is 1. The topological polar surface area (TPSA) is 29.9 Å². The van der Waals surface area contributed by atoms with Crippen molar-refractivity contribution in [1.82, 2.24) is 14.9 Å². The van der Waals surface area contributed by atoms with E-state index in [2.05, 4.69) is 46.2 Å². The minimum atomic E-state index is 0.947. The smallest absolute Gasteiger partial charge is 0.0421 e. The molecule has 0 saturated heterocycles. The summed E-state index contributed by atoms with van der Waals surface area (Å²) in [5, 5.41) is 3.44. The lowest BCUT2D eigenvalue weighted by atomic mass is 10.2. The number of aromatic nitrogens is 2. The van der Waals surface area contributed by atoms with Crippen LogP contribution in [0.4, 0.5) is 0 Å². The summed E-state index contributed by atoms with van der Waals surface area (Å²) in [7, 11) is 0. The zero-order valence-corrected chi connectivity index (χ0v) is 11.0. The molecular weight excluding hydrogens is 222 g/mol. The van der Waals surface area contributed by atoms with E-state index in [1.165, 1.54) is 12.1 Å². The lowest BCUT2D eigenvalue weighted by molar-refractivity contribution is 0.602. The lowest BCUT2D eigenvalue weighted by Gasteiger charge is -2.09. The summed E-state index contributed by atoms with van der Waals surface area (Å²) < 4.78 is 2.30. The molecule has 0 fully saturated rings. The van der Waals surface area contributed by atoms with Crippen LogP contribution in [0, 0.1) is 0 Å². The molecule has 2 aromatic heterocycles. The van der Waals surface area contributed by atoms with Gasteiger partial charge in [-0.1, -0.05) is 13.0 Å². The van der Waals surface area contributed by atoms with Crippen molar-refractivity contribution in [3.8, 4) is 0 Å². The molecule has 1 N–H and O–H groups in total. The van der Waals surface area contributed by atoms with Crippen molar-refractivity contribution < 1.29 is 0 Å². The maximum absolute atomic E-state index is 4.35. The molecular formula is C15H21N3. The third kappa shape index (κ3) is 3.70. The molecule has 2 rings (SSSR count). The molecule has 2 heterocycles. The number of nitrogens with one attached hydrogen (secondary N) is 1. The van der Waals surface area contributed by atoms with Gasteiger partial charge in [-0.3, -0.25) is 4.98 Å². The first-order valence-electron chi connectivity index (χ1n) is 6.65. The second kappa shape index (κ2) is 6.97. The fourth-order valence-electron chi connectivity index (χ4n) is 2.00. The second-order valence-corrected chi connectivity index (χ2v) is 4.44. The van der Waals surface area contributed by atoms with Crippen molar-refractivity contribution >= 4 is 0 Å². The molecule has 3 nitrogen and oxygen atoms in total. The van der Waals surface area contributed by atoms with E-state index in [9.17, 15) is 0 Å². The zero-order valence-electron chi connectivity index (χ0n) is 11.0. The molecule has 18 heavy (non-hydrogen) atoms. The highest BCUT2D eigenvalue weighted by atomic mass is 15.0. The van der Waals surface area contributed by atoms with E-state index in [0.717, 1.165) is 31.7 Å². The molecule has 2 aromatic rings. The molecule has 0 atom stereocenters. The molecule has 0 radical (unpaired) electrons. The Labute approximate surface area is 109 Å². The number of rotatable bonds is 7. The van der Waals surface area contributed by atoms with E-state index in [1.807, 2.05) is 18.3 Å². The Morgan fingerprint density at radius 2 is 2.17 bits per heavy atom. The van der Waals surface area contributed by atoms with Gasteiger partial charge in [0.1, 0.15) is 0 Å². The predicted molar refractivity (Wildman–Crippen MR) is 74.4 cm³/mol. The molecule has 0 saturated carbocycles. The minimum absolute atomic E-state index is 0.947. The van der Waals surface area contributed by atoms with Gasteiger partial charge in [0.2, 0.25) is 0 Å². The molecule has 0 aliphatic rings. The van der Waals surface area contributed by atoms with Gasteiger partial charge in [-0.05, 0) is 37.2 Å². The molecule has 96 valence electrons. The van der Waals surface area contributed by atoms with Gasteiger partial charge in [-0.25, -0.2) is 0 Å². The fourth-order valence-corrected chi connectivity index (χ4v) is 2.00.